The Labute approximate surface area is 129 Å². The molecule has 22 heavy (non-hydrogen) atoms. The average molecular weight is 288 g/mol. The van der Waals surface area contributed by atoms with Gasteiger partial charge in [-0.3, -0.25) is 4.79 Å². The molecule has 0 aliphatic carbocycles. The van der Waals surface area contributed by atoms with Gasteiger partial charge in [0.25, 0.3) is 5.56 Å². The molecular weight excluding hydrogens is 272 g/mol. The second kappa shape index (κ2) is 6.22. The van der Waals surface area contributed by atoms with Crippen LogP contribution in [0.25, 0.3) is 23.3 Å². The van der Waals surface area contributed by atoms with Crippen LogP contribution in [0.2, 0.25) is 0 Å². The van der Waals surface area contributed by atoms with Crippen molar-refractivity contribution in [2.24, 2.45) is 0 Å². The summed E-state index contributed by atoms with van der Waals surface area (Å²) in [5.74, 6) is 0.561. The van der Waals surface area contributed by atoms with Crippen LogP contribution in [0.1, 0.15) is 17.1 Å². The maximum atomic E-state index is 12.3. The van der Waals surface area contributed by atoms with Crippen LogP contribution in [-0.4, -0.2) is 9.97 Å². The van der Waals surface area contributed by atoms with Crippen molar-refractivity contribution in [1.82, 2.24) is 9.97 Å². The van der Waals surface area contributed by atoms with Gasteiger partial charge in [0.15, 0.2) is 0 Å². The van der Waals surface area contributed by atoms with Gasteiger partial charge in [-0.15, -0.1) is 0 Å². The van der Waals surface area contributed by atoms with E-state index in [0.717, 1.165) is 16.8 Å². The van der Waals surface area contributed by atoms with Gasteiger partial charge in [0, 0.05) is 0 Å². The van der Waals surface area contributed by atoms with Crippen LogP contribution in [0.15, 0.2) is 65.5 Å². The number of aryl methyl sites for hydroxylation is 1. The van der Waals surface area contributed by atoms with Gasteiger partial charge in [-0.05, 0) is 24.1 Å². The normalized spacial score (nSPS) is 11.0. The molecule has 1 aromatic heterocycles. The Bertz CT molecular complexity index is 850. The van der Waals surface area contributed by atoms with Crippen LogP contribution >= 0.6 is 0 Å². The lowest BCUT2D eigenvalue weighted by molar-refractivity contribution is 1.05. The van der Waals surface area contributed by atoms with Crippen LogP contribution in [0, 0.1) is 6.92 Å². The lowest BCUT2D eigenvalue weighted by Crippen LogP contribution is -2.14. The molecule has 0 radical (unpaired) electrons. The number of H-pyrrole nitrogens is 1. The third kappa shape index (κ3) is 3.04. The Morgan fingerprint density at radius 2 is 1.55 bits per heavy atom. The second-order valence-corrected chi connectivity index (χ2v) is 5.02. The molecule has 0 atom stereocenters. The van der Waals surface area contributed by atoms with E-state index in [1.807, 2.05) is 79.7 Å². The molecule has 3 aromatic rings. The van der Waals surface area contributed by atoms with Gasteiger partial charge in [-0.2, -0.15) is 0 Å². The molecule has 0 spiro atoms. The van der Waals surface area contributed by atoms with E-state index in [1.54, 1.807) is 0 Å². The van der Waals surface area contributed by atoms with E-state index in [-0.39, 0.29) is 5.56 Å². The molecule has 0 unspecified atom stereocenters. The van der Waals surface area contributed by atoms with Gasteiger partial charge >= 0.3 is 0 Å². The first-order valence-corrected chi connectivity index (χ1v) is 7.13. The highest BCUT2D eigenvalue weighted by Gasteiger charge is 2.08. The van der Waals surface area contributed by atoms with Crippen LogP contribution < -0.4 is 5.56 Å². The average Bonchev–Trinajstić information content (AvgIpc) is 2.54. The van der Waals surface area contributed by atoms with Crippen LogP contribution in [0.3, 0.4) is 0 Å². The number of aromatic nitrogens is 2. The molecule has 2 aromatic carbocycles. The quantitative estimate of drug-likeness (QED) is 0.794. The largest absolute Gasteiger partial charge is 0.306 e. The molecular formula is C19H16N2O. The first-order chi connectivity index (χ1) is 10.7. The molecule has 0 fully saturated rings. The van der Waals surface area contributed by atoms with Gasteiger partial charge in [0.2, 0.25) is 0 Å². The number of hydrogen-bond donors (Lipinski definition) is 1. The predicted octanol–water partition coefficient (Wildman–Crippen LogP) is 3.92. The highest BCUT2D eigenvalue weighted by molar-refractivity contribution is 5.69. The standard InChI is InChI=1S/C19H16N2O/c1-14-18(16-10-6-3-7-11-16)19(22)21-17(20-14)13-12-15-8-4-2-5-9-15/h2-13H,1H3,(H,20,21,22). The van der Waals surface area contributed by atoms with E-state index in [4.69, 9.17) is 0 Å². The molecule has 0 aliphatic heterocycles. The lowest BCUT2D eigenvalue weighted by Gasteiger charge is -2.05. The molecule has 1 N–H and O–H groups in total. The molecule has 3 nitrogen and oxygen atoms in total. The van der Waals surface area contributed by atoms with Gasteiger partial charge in [-0.25, -0.2) is 4.98 Å². The molecule has 0 amide bonds. The minimum absolute atomic E-state index is 0.119. The fourth-order valence-electron chi connectivity index (χ4n) is 2.37. The fraction of sp³-hybridized carbons (Fsp3) is 0.0526. The summed E-state index contributed by atoms with van der Waals surface area (Å²) in [6.07, 6.45) is 3.75. The highest BCUT2D eigenvalue weighted by Crippen LogP contribution is 2.17. The van der Waals surface area contributed by atoms with Crippen molar-refractivity contribution in [3.8, 4) is 11.1 Å². The summed E-state index contributed by atoms with van der Waals surface area (Å²) < 4.78 is 0. The number of aromatic amines is 1. The number of benzene rings is 2. The van der Waals surface area contributed by atoms with Gasteiger partial charge in [0.1, 0.15) is 5.82 Å². The van der Waals surface area contributed by atoms with E-state index >= 15 is 0 Å². The van der Waals surface area contributed by atoms with Gasteiger partial charge in [0.05, 0.1) is 11.3 Å². The van der Waals surface area contributed by atoms with Crippen molar-refractivity contribution < 1.29 is 0 Å². The Morgan fingerprint density at radius 3 is 2.18 bits per heavy atom. The Kier molecular flexibility index (Phi) is 3.97. The van der Waals surface area contributed by atoms with Crippen molar-refractivity contribution in [3.63, 3.8) is 0 Å². The van der Waals surface area contributed by atoms with Crippen molar-refractivity contribution in [1.29, 1.82) is 0 Å². The van der Waals surface area contributed by atoms with Crippen LogP contribution in [0.4, 0.5) is 0 Å². The number of hydrogen-bond acceptors (Lipinski definition) is 2. The molecule has 0 aliphatic rings. The summed E-state index contributed by atoms with van der Waals surface area (Å²) in [5.41, 5.74) is 3.17. The molecule has 3 rings (SSSR count). The SMILES string of the molecule is Cc1nc(C=Cc2ccccc2)[nH]c(=O)c1-c1ccccc1. The van der Waals surface area contributed by atoms with E-state index < -0.39 is 0 Å². The minimum atomic E-state index is -0.119. The van der Waals surface area contributed by atoms with E-state index in [2.05, 4.69) is 9.97 Å². The first-order valence-electron chi connectivity index (χ1n) is 7.13. The van der Waals surface area contributed by atoms with Gasteiger partial charge < -0.3 is 4.98 Å². The van der Waals surface area contributed by atoms with Crippen molar-refractivity contribution in [2.45, 2.75) is 6.92 Å². The second-order valence-electron chi connectivity index (χ2n) is 5.02. The maximum Gasteiger partial charge on any atom is 0.259 e. The summed E-state index contributed by atoms with van der Waals surface area (Å²) in [4.78, 5) is 19.7. The number of nitrogens with zero attached hydrogens (tertiary/aromatic N) is 1. The zero-order chi connectivity index (χ0) is 15.4. The van der Waals surface area contributed by atoms with E-state index in [1.165, 1.54) is 0 Å². The zero-order valence-electron chi connectivity index (χ0n) is 12.3. The van der Waals surface area contributed by atoms with E-state index in [0.29, 0.717) is 11.4 Å². The lowest BCUT2D eigenvalue weighted by atomic mass is 10.1. The maximum absolute atomic E-state index is 12.3. The third-order valence-corrected chi connectivity index (χ3v) is 3.41. The molecule has 108 valence electrons. The Morgan fingerprint density at radius 1 is 0.909 bits per heavy atom. The molecule has 0 saturated carbocycles. The summed E-state index contributed by atoms with van der Waals surface area (Å²) in [5, 5.41) is 0. The van der Waals surface area contributed by atoms with Crippen LogP contribution in [0.5, 0.6) is 0 Å². The molecule has 1 heterocycles. The summed E-state index contributed by atoms with van der Waals surface area (Å²) in [6.45, 7) is 1.86. The molecule has 3 heteroatoms. The predicted molar refractivity (Wildman–Crippen MR) is 90.4 cm³/mol. The summed E-state index contributed by atoms with van der Waals surface area (Å²) >= 11 is 0. The first kappa shape index (κ1) is 14.0. The number of nitrogens with one attached hydrogen (secondary N) is 1. The smallest absolute Gasteiger partial charge is 0.259 e. The van der Waals surface area contributed by atoms with Crippen LogP contribution in [-0.2, 0) is 0 Å². The van der Waals surface area contributed by atoms with Crippen molar-refractivity contribution in [3.05, 3.63) is 88.1 Å². The van der Waals surface area contributed by atoms with Gasteiger partial charge in [-0.1, -0.05) is 66.7 Å². The van der Waals surface area contributed by atoms with E-state index in [9.17, 15) is 4.79 Å². The monoisotopic (exact) mass is 288 g/mol. The highest BCUT2D eigenvalue weighted by atomic mass is 16.1. The topological polar surface area (TPSA) is 45.8 Å². The summed E-state index contributed by atoms with van der Waals surface area (Å²) in [7, 11) is 0. The Hall–Kier alpha value is -2.94. The number of rotatable bonds is 3. The Balaban J connectivity index is 1.97. The summed E-state index contributed by atoms with van der Waals surface area (Å²) in [6, 6.07) is 19.5. The molecule has 0 saturated heterocycles. The third-order valence-electron chi connectivity index (χ3n) is 3.41. The minimum Gasteiger partial charge on any atom is -0.306 e. The zero-order valence-corrected chi connectivity index (χ0v) is 12.3. The van der Waals surface area contributed by atoms with Crippen molar-refractivity contribution >= 4 is 12.2 Å². The molecule has 0 bridgehead atoms. The van der Waals surface area contributed by atoms with Crippen molar-refractivity contribution in [2.75, 3.05) is 0 Å². The fourth-order valence-corrected chi connectivity index (χ4v) is 2.37.